The maximum Gasteiger partial charge on any atom is 0.184 e. The fourth-order valence-corrected chi connectivity index (χ4v) is 9.13. The van der Waals surface area contributed by atoms with Crippen LogP contribution in [0.4, 0.5) is 0 Å². The zero-order valence-corrected chi connectivity index (χ0v) is 29.6. The third kappa shape index (κ3) is 10.6. The Balaban J connectivity index is 1.73. The molecule has 3 heterocycles. The molecule has 230 valence electrons. The SMILES string of the molecule is C[C@@H]([C@@H]1O[C@H]1C[C@@H]1OC[C@H](CC(=O)CC(O)c2ccco2)[C@@H](O[Si](C)(C)C)[C@@H]1O[Si](C)(C)C)[C@H](C)O[Si](C)(C)C. The first kappa shape index (κ1) is 33.9. The van der Waals surface area contributed by atoms with E-state index in [4.69, 9.17) is 27.2 Å². The second-order valence-corrected chi connectivity index (χ2v) is 28.1. The Morgan fingerprint density at radius 2 is 1.60 bits per heavy atom. The molecule has 0 bridgehead atoms. The number of furan rings is 1. The molecule has 1 aromatic heterocycles. The molecule has 2 aliphatic heterocycles. The minimum atomic E-state index is -1.99. The fourth-order valence-electron chi connectivity index (χ4n) is 5.56. The van der Waals surface area contributed by atoms with Crippen LogP contribution in [0.1, 0.15) is 45.0 Å². The average molecular weight is 615 g/mol. The van der Waals surface area contributed by atoms with E-state index in [0.29, 0.717) is 12.4 Å². The zero-order valence-electron chi connectivity index (χ0n) is 26.6. The Labute approximate surface area is 244 Å². The van der Waals surface area contributed by atoms with E-state index >= 15 is 0 Å². The Hall–Kier alpha value is -0.639. The summed E-state index contributed by atoms with van der Waals surface area (Å²) in [7, 11) is -5.62. The van der Waals surface area contributed by atoms with E-state index in [1.54, 1.807) is 12.1 Å². The Bertz CT molecular complexity index is 937. The summed E-state index contributed by atoms with van der Waals surface area (Å²) >= 11 is 0. The number of hydrogen-bond donors (Lipinski definition) is 1. The molecule has 8 nitrogen and oxygen atoms in total. The van der Waals surface area contributed by atoms with Crippen molar-refractivity contribution in [1.29, 1.82) is 0 Å². The van der Waals surface area contributed by atoms with E-state index in [1.165, 1.54) is 6.26 Å². The highest BCUT2D eigenvalue weighted by Crippen LogP contribution is 2.40. The number of aliphatic hydroxyl groups is 1. The molecule has 2 aliphatic rings. The lowest BCUT2D eigenvalue weighted by atomic mass is 9.85. The first-order valence-corrected chi connectivity index (χ1v) is 25.1. The van der Waals surface area contributed by atoms with Crippen molar-refractivity contribution < 1.29 is 37.1 Å². The minimum absolute atomic E-state index is 0.000185. The molecule has 2 saturated heterocycles. The van der Waals surface area contributed by atoms with Crippen LogP contribution in [0.5, 0.6) is 0 Å². The molecule has 2 fully saturated rings. The van der Waals surface area contributed by atoms with Crippen molar-refractivity contribution in [2.45, 2.75) is 135 Å². The van der Waals surface area contributed by atoms with Gasteiger partial charge in [0.25, 0.3) is 0 Å². The van der Waals surface area contributed by atoms with E-state index < -0.39 is 31.1 Å². The summed E-state index contributed by atoms with van der Waals surface area (Å²) in [5.74, 6) is 0.501. The van der Waals surface area contributed by atoms with Crippen molar-refractivity contribution in [3.05, 3.63) is 24.2 Å². The largest absolute Gasteiger partial charge is 0.467 e. The van der Waals surface area contributed by atoms with Crippen LogP contribution >= 0.6 is 0 Å². The molecule has 11 heteroatoms. The van der Waals surface area contributed by atoms with Crippen molar-refractivity contribution in [2.24, 2.45) is 11.8 Å². The Morgan fingerprint density at radius 3 is 2.15 bits per heavy atom. The average Bonchev–Trinajstić information content (AvgIpc) is 3.31. The highest BCUT2D eigenvalue weighted by atomic mass is 28.4. The van der Waals surface area contributed by atoms with Gasteiger partial charge in [-0.25, -0.2) is 0 Å². The maximum absolute atomic E-state index is 13.1. The second kappa shape index (κ2) is 13.3. The number of ether oxygens (including phenoxy) is 2. The predicted octanol–water partition coefficient (Wildman–Crippen LogP) is 6.15. The summed E-state index contributed by atoms with van der Waals surface area (Å²) < 4.78 is 37.9. The molecular formula is C29H54O8Si3. The van der Waals surface area contributed by atoms with Crippen LogP contribution in [0.15, 0.2) is 22.8 Å². The summed E-state index contributed by atoms with van der Waals surface area (Å²) in [6, 6.07) is 3.40. The predicted molar refractivity (Wildman–Crippen MR) is 164 cm³/mol. The lowest BCUT2D eigenvalue weighted by molar-refractivity contribution is -0.159. The van der Waals surface area contributed by atoms with Gasteiger partial charge in [-0.2, -0.15) is 0 Å². The normalized spacial score (nSPS) is 30.1. The number of ketones is 1. The molecule has 0 aromatic carbocycles. The first-order chi connectivity index (χ1) is 18.3. The van der Waals surface area contributed by atoms with E-state index in [-0.39, 0.29) is 67.1 Å². The van der Waals surface area contributed by atoms with Crippen LogP contribution < -0.4 is 0 Å². The van der Waals surface area contributed by atoms with Crippen LogP contribution in [0, 0.1) is 11.8 Å². The third-order valence-corrected chi connectivity index (χ3v) is 10.4. The monoisotopic (exact) mass is 614 g/mol. The Kier molecular flexibility index (Phi) is 11.3. The van der Waals surface area contributed by atoms with Crippen molar-refractivity contribution in [3.8, 4) is 0 Å². The van der Waals surface area contributed by atoms with Crippen molar-refractivity contribution >= 4 is 30.7 Å². The molecule has 1 unspecified atom stereocenters. The molecule has 1 aromatic rings. The molecule has 40 heavy (non-hydrogen) atoms. The highest BCUT2D eigenvalue weighted by molar-refractivity contribution is 6.70. The van der Waals surface area contributed by atoms with E-state index in [9.17, 15) is 9.90 Å². The number of aliphatic hydroxyl groups excluding tert-OH is 1. The van der Waals surface area contributed by atoms with Gasteiger partial charge in [0.15, 0.2) is 25.0 Å². The van der Waals surface area contributed by atoms with Crippen molar-refractivity contribution in [3.63, 3.8) is 0 Å². The van der Waals surface area contributed by atoms with Crippen LogP contribution in [0.25, 0.3) is 0 Å². The maximum atomic E-state index is 13.1. The lowest BCUT2D eigenvalue weighted by Gasteiger charge is -2.47. The molecule has 0 spiro atoms. The topological polar surface area (TPSA) is 99.9 Å². The van der Waals surface area contributed by atoms with Crippen molar-refractivity contribution in [1.82, 2.24) is 0 Å². The fraction of sp³-hybridized carbons (Fsp3) is 0.828. The summed E-state index contributed by atoms with van der Waals surface area (Å²) in [5, 5.41) is 10.5. The number of epoxide rings is 1. The molecule has 0 radical (unpaired) electrons. The Morgan fingerprint density at radius 1 is 0.975 bits per heavy atom. The number of hydrogen-bond acceptors (Lipinski definition) is 8. The summed E-state index contributed by atoms with van der Waals surface area (Å²) in [5.41, 5.74) is 0. The lowest BCUT2D eigenvalue weighted by Crippen LogP contribution is -2.58. The van der Waals surface area contributed by atoms with Gasteiger partial charge in [-0.05, 0) is 78.0 Å². The van der Waals surface area contributed by atoms with Gasteiger partial charge in [0.2, 0.25) is 0 Å². The standard InChI is InChI=1S/C29H54O8Si3/c1-19(20(2)35-38(3,4)5)27-26(34-27)17-25-29(37-40(9,10)11)28(36-39(6,7)8)21(18-33-25)15-22(30)16-23(31)24-13-12-14-32-24/h12-14,19-21,23,25-29,31H,15-18H2,1-11H3/t19-,20+,21+,23?,25+,26+,27+,28-,29-/m1/s1. The van der Waals surface area contributed by atoms with Gasteiger partial charge >= 0.3 is 0 Å². The van der Waals surface area contributed by atoms with Gasteiger partial charge in [-0.15, -0.1) is 0 Å². The molecule has 0 amide bonds. The molecule has 3 rings (SSSR count). The van der Waals surface area contributed by atoms with E-state index in [1.807, 2.05) is 0 Å². The number of carbonyl (C=O) groups excluding carboxylic acids is 1. The number of rotatable bonds is 15. The summed E-state index contributed by atoms with van der Waals surface area (Å²) in [4.78, 5) is 13.1. The van der Waals surface area contributed by atoms with E-state index in [0.717, 1.165) is 6.42 Å². The van der Waals surface area contributed by atoms with E-state index in [2.05, 4.69) is 72.8 Å². The van der Waals surface area contributed by atoms with Gasteiger partial charge in [0, 0.05) is 37.2 Å². The summed E-state index contributed by atoms with van der Waals surface area (Å²) in [6.45, 7) is 24.5. The second-order valence-electron chi connectivity index (χ2n) is 14.7. The quantitative estimate of drug-likeness (QED) is 0.185. The zero-order chi connectivity index (χ0) is 30.0. The van der Waals surface area contributed by atoms with Crippen LogP contribution in [0.3, 0.4) is 0 Å². The number of Topliss-reactive ketones (excluding diaryl/α,β-unsaturated/α-hetero) is 1. The third-order valence-electron chi connectivity index (χ3n) is 7.33. The smallest absolute Gasteiger partial charge is 0.184 e. The summed E-state index contributed by atoms with van der Waals surface area (Å²) in [6.07, 6.45) is 1.19. The number of carbonyl (C=O) groups is 1. The molecule has 9 atom stereocenters. The molecular weight excluding hydrogens is 561 g/mol. The first-order valence-electron chi connectivity index (χ1n) is 14.9. The molecule has 0 aliphatic carbocycles. The minimum Gasteiger partial charge on any atom is -0.467 e. The molecule has 0 saturated carbocycles. The van der Waals surface area contributed by atoms with Gasteiger partial charge in [-0.1, -0.05) is 6.92 Å². The van der Waals surface area contributed by atoms with Gasteiger partial charge in [0.05, 0.1) is 43.4 Å². The van der Waals surface area contributed by atoms with Crippen LogP contribution in [-0.2, 0) is 27.5 Å². The highest BCUT2D eigenvalue weighted by Gasteiger charge is 2.51. The van der Waals surface area contributed by atoms with Gasteiger partial charge in [-0.3, -0.25) is 4.79 Å². The van der Waals surface area contributed by atoms with Crippen molar-refractivity contribution in [2.75, 3.05) is 6.61 Å². The van der Waals surface area contributed by atoms with Gasteiger partial charge in [0.1, 0.15) is 17.6 Å². The van der Waals surface area contributed by atoms with Gasteiger partial charge < -0.3 is 32.3 Å². The van der Waals surface area contributed by atoms with Crippen LogP contribution in [-0.4, -0.2) is 79.1 Å². The van der Waals surface area contributed by atoms with Crippen LogP contribution in [0.2, 0.25) is 58.9 Å². The molecule has 1 N–H and O–H groups in total.